The third-order valence-corrected chi connectivity index (χ3v) is 3.85. The highest BCUT2D eigenvalue weighted by Crippen LogP contribution is 2.18. The molecule has 0 aliphatic carbocycles. The minimum atomic E-state index is -3.81. The van der Waals surface area contributed by atoms with E-state index in [-0.39, 0.29) is 0 Å². The molecule has 94 valence electrons. The molecule has 0 amide bonds. The van der Waals surface area contributed by atoms with Crippen LogP contribution in [0.2, 0.25) is 0 Å². The fourth-order valence-electron chi connectivity index (χ4n) is 1.32. The first-order chi connectivity index (χ1) is 7.80. The van der Waals surface area contributed by atoms with Crippen molar-refractivity contribution in [1.29, 1.82) is 0 Å². The molecule has 0 aliphatic heterocycles. The van der Waals surface area contributed by atoms with Gasteiger partial charge < -0.3 is 5.11 Å². The zero-order valence-corrected chi connectivity index (χ0v) is 11.5. The largest absolute Gasteiger partial charge is 0.480 e. The molecule has 0 radical (unpaired) electrons. The number of carbonyl (C=O) groups is 1. The summed E-state index contributed by atoms with van der Waals surface area (Å²) in [5, 5.41) is 8.45. The Morgan fingerprint density at radius 3 is 2.71 bits per heavy atom. The van der Waals surface area contributed by atoms with E-state index in [4.69, 9.17) is 5.11 Å². The van der Waals surface area contributed by atoms with Gasteiger partial charge in [0, 0.05) is 10.5 Å². The molecule has 0 saturated heterocycles. The standard InChI is InChI=1S/C10H12BrNO4S/c1-7(8-3-2-4-9(11)5-8)12-17(15,16)6-10(13)14/h2-5,7,12H,6H2,1H3,(H,13,14)/t7-/m1/s1. The third-order valence-electron chi connectivity index (χ3n) is 2.02. The Morgan fingerprint density at radius 2 is 2.18 bits per heavy atom. The Morgan fingerprint density at radius 1 is 1.53 bits per heavy atom. The second kappa shape index (κ2) is 5.61. The molecule has 0 bridgehead atoms. The Bertz CT molecular complexity index is 515. The zero-order valence-electron chi connectivity index (χ0n) is 9.05. The van der Waals surface area contributed by atoms with Crippen molar-refractivity contribution in [3.8, 4) is 0 Å². The summed E-state index contributed by atoms with van der Waals surface area (Å²) in [6.45, 7) is 1.65. The molecular weight excluding hydrogens is 310 g/mol. The maximum Gasteiger partial charge on any atom is 0.320 e. The molecular formula is C10H12BrNO4S. The summed E-state index contributed by atoms with van der Waals surface area (Å²) in [5.41, 5.74) is 0.758. The molecule has 1 aromatic carbocycles. The van der Waals surface area contributed by atoms with Crippen molar-refractivity contribution in [2.75, 3.05) is 5.75 Å². The minimum absolute atomic E-state index is 0.475. The topological polar surface area (TPSA) is 83.5 Å². The first-order valence-corrected chi connectivity index (χ1v) is 7.22. The fourth-order valence-corrected chi connectivity index (χ4v) is 2.82. The summed E-state index contributed by atoms with van der Waals surface area (Å²) >= 11 is 3.28. The van der Waals surface area contributed by atoms with Gasteiger partial charge in [0.15, 0.2) is 5.75 Å². The number of aliphatic carboxylic acids is 1. The van der Waals surface area contributed by atoms with Crippen molar-refractivity contribution in [1.82, 2.24) is 4.72 Å². The molecule has 1 rings (SSSR count). The van der Waals surface area contributed by atoms with E-state index in [1.54, 1.807) is 25.1 Å². The Kier molecular flexibility index (Phi) is 4.67. The van der Waals surface area contributed by atoms with E-state index < -0.39 is 27.8 Å². The van der Waals surface area contributed by atoms with Crippen molar-refractivity contribution in [3.63, 3.8) is 0 Å². The van der Waals surface area contributed by atoms with Crippen LogP contribution in [0.4, 0.5) is 0 Å². The minimum Gasteiger partial charge on any atom is -0.480 e. The highest BCUT2D eigenvalue weighted by atomic mass is 79.9. The number of hydrogen-bond acceptors (Lipinski definition) is 3. The van der Waals surface area contributed by atoms with E-state index in [9.17, 15) is 13.2 Å². The van der Waals surface area contributed by atoms with E-state index in [1.807, 2.05) is 6.07 Å². The number of benzene rings is 1. The van der Waals surface area contributed by atoms with Gasteiger partial charge in [0.1, 0.15) is 0 Å². The van der Waals surface area contributed by atoms with Gasteiger partial charge >= 0.3 is 5.97 Å². The monoisotopic (exact) mass is 321 g/mol. The van der Waals surface area contributed by atoms with Crippen LogP contribution in [0.25, 0.3) is 0 Å². The molecule has 0 aromatic heterocycles. The molecule has 0 heterocycles. The van der Waals surface area contributed by atoms with Crippen LogP contribution in [0.15, 0.2) is 28.7 Å². The van der Waals surface area contributed by atoms with Crippen LogP contribution in [0.1, 0.15) is 18.5 Å². The van der Waals surface area contributed by atoms with Crippen molar-refractivity contribution < 1.29 is 18.3 Å². The van der Waals surface area contributed by atoms with E-state index in [2.05, 4.69) is 20.7 Å². The molecule has 2 N–H and O–H groups in total. The predicted octanol–water partition coefficient (Wildman–Crippen LogP) is 1.51. The van der Waals surface area contributed by atoms with Crippen LogP contribution < -0.4 is 4.72 Å². The summed E-state index contributed by atoms with van der Waals surface area (Å²) in [6.07, 6.45) is 0. The van der Waals surface area contributed by atoms with Gasteiger partial charge in [-0.2, -0.15) is 0 Å². The Labute approximate surface area is 108 Å². The van der Waals surface area contributed by atoms with Gasteiger partial charge in [-0.3, -0.25) is 4.79 Å². The molecule has 7 heteroatoms. The Balaban J connectivity index is 2.79. The van der Waals surface area contributed by atoms with Crippen LogP contribution in [-0.4, -0.2) is 25.2 Å². The molecule has 0 spiro atoms. The van der Waals surface area contributed by atoms with Gasteiger partial charge in [0.05, 0.1) is 0 Å². The summed E-state index contributed by atoms with van der Waals surface area (Å²) in [4.78, 5) is 10.4. The first-order valence-electron chi connectivity index (χ1n) is 4.77. The number of rotatable bonds is 5. The summed E-state index contributed by atoms with van der Waals surface area (Å²) < 4.78 is 25.9. The lowest BCUT2D eigenvalue weighted by Gasteiger charge is -2.13. The average molecular weight is 322 g/mol. The lowest BCUT2D eigenvalue weighted by Crippen LogP contribution is -2.32. The van der Waals surface area contributed by atoms with Crippen molar-refractivity contribution >= 4 is 31.9 Å². The maximum absolute atomic E-state index is 11.4. The fraction of sp³-hybridized carbons (Fsp3) is 0.300. The number of nitrogens with one attached hydrogen (secondary N) is 1. The first kappa shape index (κ1) is 14.1. The second-order valence-corrected chi connectivity index (χ2v) is 6.22. The summed E-state index contributed by atoms with van der Waals surface area (Å²) in [5.74, 6) is -2.30. The van der Waals surface area contributed by atoms with E-state index >= 15 is 0 Å². The van der Waals surface area contributed by atoms with Crippen molar-refractivity contribution in [2.24, 2.45) is 0 Å². The predicted molar refractivity (Wildman–Crippen MR) is 67.1 cm³/mol. The van der Waals surface area contributed by atoms with E-state index in [0.29, 0.717) is 0 Å². The Hall–Kier alpha value is -0.920. The zero-order chi connectivity index (χ0) is 13.1. The second-order valence-electron chi connectivity index (χ2n) is 3.55. The number of carboxylic acid groups (broad SMARTS) is 1. The SMILES string of the molecule is C[C@@H](NS(=O)(=O)CC(=O)O)c1cccc(Br)c1. The molecule has 1 atom stereocenters. The van der Waals surface area contributed by atoms with E-state index in [0.717, 1.165) is 10.0 Å². The van der Waals surface area contributed by atoms with Gasteiger partial charge in [0.2, 0.25) is 10.0 Å². The quantitative estimate of drug-likeness (QED) is 0.861. The van der Waals surface area contributed by atoms with Crippen LogP contribution >= 0.6 is 15.9 Å². The molecule has 0 unspecified atom stereocenters. The van der Waals surface area contributed by atoms with Gasteiger partial charge in [0.25, 0.3) is 0 Å². The van der Waals surface area contributed by atoms with Gasteiger partial charge in [-0.05, 0) is 24.6 Å². The van der Waals surface area contributed by atoms with Gasteiger partial charge in [-0.25, -0.2) is 13.1 Å². The molecule has 17 heavy (non-hydrogen) atoms. The maximum atomic E-state index is 11.4. The number of halogens is 1. The van der Waals surface area contributed by atoms with Crippen molar-refractivity contribution in [2.45, 2.75) is 13.0 Å². The average Bonchev–Trinajstić information content (AvgIpc) is 2.14. The van der Waals surface area contributed by atoms with Crippen LogP contribution in [0.5, 0.6) is 0 Å². The smallest absolute Gasteiger partial charge is 0.320 e. The van der Waals surface area contributed by atoms with Crippen LogP contribution in [-0.2, 0) is 14.8 Å². The lowest BCUT2D eigenvalue weighted by molar-refractivity contribution is -0.134. The third kappa shape index (κ3) is 4.84. The molecule has 5 nitrogen and oxygen atoms in total. The lowest BCUT2D eigenvalue weighted by atomic mass is 10.1. The highest BCUT2D eigenvalue weighted by molar-refractivity contribution is 9.10. The van der Waals surface area contributed by atoms with Gasteiger partial charge in [-0.15, -0.1) is 0 Å². The van der Waals surface area contributed by atoms with Gasteiger partial charge in [-0.1, -0.05) is 28.1 Å². The summed E-state index contributed by atoms with van der Waals surface area (Å²) in [6, 6.07) is 6.66. The van der Waals surface area contributed by atoms with Crippen molar-refractivity contribution in [3.05, 3.63) is 34.3 Å². The highest BCUT2D eigenvalue weighted by Gasteiger charge is 2.19. The molecule has 0 aliphatic rings. The number of hydrogen-bond donors (Lipinski definition) is 2. The van der Waals surface area contributed by atoms with Crippen LogP contribution in [0, 0.1) is 0 Å². The molecule has 0 saturated carbocycles. The molecule has 1 aromatic rings. The number of carboxylic acids is 1. The number of sulfonamides is 1. The summed E-state index contributed by atoms with van der Waals surface area (Å²) in [7, 11) is -3.81. The molecule has 0 fully saturated rings. The van der Waals surface area contributed by atoms with Crippen LogP contribution in [0.3, 0.4) is 0 Å². The normalized spacial score (nSPS) is 13.3. The van der Waals surface area contributed by atoms with E-state index in [1.165, 1.54) is 0 Å².